The third kappa shape index (κ3) is 2.87. The van der Waals surface area contributed by atoms with Gasteiger partial charge in [0, 0.05) is 4.47 Å². The molecular weight excluding hydrogens is 324 g/mol. The van der Waals surface area contributed by atoms with E-state index in [0.717, 1.165) is 0 Å². The maximum atomic E-state index is 12.9. The van der Waals surface area contributed by atoms with Gasteiger partial charge in [0.15, 0.2) is 5.82 Å². The lowest BCUT2D eigenvalue weighted by molar-refractivity contribution is 0.627. The van der Waals surface area contributed by atoms with Crippen LogP contribution < -0.4 is 16.6 Å². The summed E-state index contributed by atoms with van der Waals surface area (Å²) >= 11 is 9.18. The van der Waals surface area contributed by atoms with E-state index < -0.39 is 0 Å². The molecule has 0 saturated heterocycles. The summed E-state index contributed by atoms with van der Waals surface area (Å²) in [6.07, 6.45) is 1.41. The Bertz CT molecular complexity index is 580. The topological polar surface area (TPSA) is 75.9 Å². The first-order chi connectivity index (χ1) is 8.60. The molecule has 2 aromatic rings. The number of anilines is 3. The van der Waals surface area contributed by atoms with E-state index in [4.69, 9.17) is 17.4 Å². The fraction of sp³-hybridized carbons (Fsp3) is 0. The van der Waals surface area contributed by atoms with Crippen LogP contribution in [0.15, 0.2) is 28.9 Å². The zero-order valence-electron chi connectivity index (χ0n) is 8.92. The number of nitrogen functional groups attached to an aromatic ring is 1. The first-order valence-corrected chi connectivity index (χ1v) is 5.98. The van der Waals surface area contributed by atoms with Gasteiger partial charge in [-0.05, 0) is 34.1 Å². The molecule has 0 spiro atoms. The highest BCUT2D eigenvalue weighted by Gasteiger charge is 2.08. The van der Waals surface area contributed by atoms with Crippen LogP contribution in [0.1, 0.15) is 0 Å². The highest BCUT2D eigenvalue weighted by atomic mass is 79.9. The molecule has 0 radical (unpaired) electrons. The zero-order chi connectivity index (χ0) is 13.1. The smallest absolute Gasteiger partial charge is 0.239 e. The molecule has 0 unspecified atom stereocenters. The van der Waals surface area contributed by atoms with E-state index in [9.17, 15) is 4.39 Å². The van der Waals surface area contributed by atoms with Gasteiger partial charge in [0.25, 0.3) is 0 Å². The van der Waals surface area contributed by atoms with Crippen molar-refractivity contribution < 1.29 is 4.39 Å². The molecule has 0 bridgehead atoms. The fourth-order valence-corrected chi connectivity index (χ4v) is 1.83. The molecule has 0 amide bonds. The van der Waals surface area contributed by atoms with Crippen LogP contribution in [-0.4, -0.2) is 9.97 Å². The SMILES string of the molecule is NNc1ncc(Cl)c(Nc2ccc(F)cc2Br)n1. The van der Waals surface area contributed by atoms with Gasteiger partial charge in [0.1, 0.15) is 10.8 Å². The number of hydrogen-bond donors (Lipinski definition) is 3. The third-order valence-electron chi connectivity index (χ3n) is 2.06. The van der Waals surface area contributed by atoms with Gasteiger partial charge in [-0.3, -0.25) is 5.43 Å². The molecule has 0 atom stereocenters. The highest BCUT2D eigenvalue weighted by molar-refractivity contribution is 9.10. The van der Waals surface area contributed by atoms with Gasteiger partial charge in [-0.25, -0.2) is 15.2 Å². The number of nitrogens with two attached hydrogens (primary N) is 1. The van der Waals surface area contributed by atoms with Gasteiger partial charge in [-0.2, -0.15) is 4.98 Å². The van der Waals surface area contributed by atoms with Crippen molar-refractivity contribution >= 4 is 45.0 Å². The van der Waals surface area contributed by atoms with E-state index >= 15 is 0 Å². The summed E-state index contributed by atoms with van der Waals surface area (Å²) in [5.41, 5.74) is 2.94. The minimum Gasteiger partial charge on any atom is -0.338 e. The summed E-state index contributed by atoms with van der Waals surface area (Å²) in [5, 5.41) is 3.27. The summed E-state index contributed by atoms with van der Waals surface area (Å²) in [6.45, 7) is 0. The van der Waals surface area contributed by atoms with Crippen LogP contribution in [0.25, 0.3) is 0 Å². The molecule has 8 heteroatoms. The van der Waals surface area contributed by atoms with Crippen molar-refractivity contribution in [2.45, 2.75) is 0 Å². The van der Waals surface area contributed by atoms with Crippen LogP contribution in [0.2, 0.25) is 5.02 Å². The number of benzene rings is 1. The zero-order valence-corrected chi connectivity index (χ0v) is 11.3. The minimum absolute atomic E-state index is 0.222. The van der Waals surface area contributed by atoms with E-state index in [1.807, 2.05) is 0 Å². The number of aromatic nitrogens is 2. The molecule has 0 aliphatic carbocycles. The molecule has 2 rings (SSSR count). The second-order valence-corrected chi connectivity index (χ2v) is 4.55. The summed E-state index contributed by atoms with van der Waals surface area (Å²) in [4.78, 5) is 7.89. The second-order valence-electron chi connectivity index (χ2n) is 3.28. The summed E-state index contributed by atoms with van der Waals surface area (Å²) in [6, 6.07) is 4.22. The number of hydrazine groups is 1. The minimum atomic E-state index is -0.342. The van der Waals surface area contributed by atoms with Crippen LogP contribution in [-0.2, 0) is 0 Å². The number of rotatable bonds is 3. The third-order valence-corrected chi connectivity index (χ3v) is 2.99. The molecule has 1 aromatic heterocycles. The van der Waals surface area contributed by atoms with Crippen LogP contribution >= 0.6 is 27.5 Å². The lowest BCUT2D eigenvalue weighted by Gasteiger charge is -2.10. The van der Waals surface area contributed by atoms with Crippen molar-refractivity contribution in [1.82, 2.24) is 9.97 Å². The Hall–Kier alpha value is -1.44. The number of halogens is 3. The predicted octanol–water partition coefficient (Wildman–Crippen LogP) is 3.06. The van der Waals surface area contributed by atoms with Crippen LogP contribution in [0, 0.1) is 5.82 Å². The molecule has 94 valence electrons. The quantitative estimate of drug-likeness (QED) is 0.595. The van der Waals surface area contributed by atoms with Gasteiger partial charge in [-0.15, -0.1) is 0 Å². The number of hydrogen-bond acceptors (Lipinski definition) is 5. The molecule has 5 nitrogen and oxygen atoms in total. The molecule has 1 aromatic carbocycles. The van der Waals surface area contributed by atoms with Crippen molar-refractivity contribution in [3.05, 3.63) is 39.7 Å². The van der Waals surface area contributed by atoms with Gasteiger partial charge >= 0.3 is 0 Å². The highest BCUT2D eigenvalue weighted by Crippen LogP contribution is 2.29. The maximum absolute atomic E-state index is 12.9. The van der Waals surface area contributed by atoms with Crippen molar-refractivity contribution in [3.63, 3.8) is 0 Å². The number of nitrogens with zero attached hydrogens (tertiary/aromatic N) is 2. The van der Waals surface area contributed by atoms with E-state index in [2.05, 4.69) is 36.6 Å². The van der Waals surface area contributed by atoms with Gasteiger partial charge < -0.3 is 5.32 Å². The average molecular weight is 333 g/mol. The van der Waals surface area contributed by atoms with Crippen molar-refractivity contribution in [2.75, 3.05) is 10.7 Å². The Kier molecular flexibility index (Phi) is 3.95. The summed E-state index contributed by atoms with van der Waals surface area (Å²) < 4.78 is 13.5. The molecule has 0 aliphatic heterocycles. The Morgan fingerprint density at radius 3 is 2.83 bits per heavy atom. The van der Waals surface area contributed by atoms with Crippen molar-refractivity contribution in [1.29, 1.82) is 0 Å². The van der Waals surface area contributed by atoms with Crippen molar-refractivity contribution in [2.24, 2.45) is 5.84 Å². The lowest BCUT2D eigenvalue weighted by Crippen LogP contribution is -2.11. The molecule has 4 N–H and O–H groups in total. The number of nitrogens with one attached hydrogen (secondary N) is 2. The van der Waals surface area contributed by atoms with Gasteiger partial charge in [0.2, 0.25) is 5.95 Å². The molecule has 1 heterocycles. The summed E-state index contributed by atoms with van der Waals surface area (Å²) in [7, 11) is 0. The van der Waals surface area contributed by atoms with Crippen LogP contribution in [0.3, 0.4) is 0 Å². The second kappa shape index (κ2) is 5.47. The molecule has 0 aliphatic rings. The predicted molar refractivity (Wildman–Crippen MR) is 72.2 cm³/mol. The maximum Gasteiger partial charge on any atom is 0.239 e. The Balaban J connectivity index is 2.33. The van der Waals surface area contributed by atoms with E-state index in [-0.39, 0.29) is 11.8 Å². The molecular formula is C10H8BrClFN5. The Morgan fingerprint density at radius 2 is 2.17 bits per heavy atom. The first-order valence-electron chi connectivity index (χ1n) is 4.81. The van der Waals surface area contributed by atoms with Gasteiger partial charge in [-0.1, -0.05) is 11.6 Å². The Morgan fingerprint density at radius 1 is 1.39 bits per heavy atom. The average Bonchev–Trinajstić information content (AvgIpc) is 2.35. The van der Waals surface area contributed by atoms with E-state index in [0.29, 0.717) is 21.0 Å². The molecule has 0 saturated carbocycles. The molecule has 18 heavy (non-hydrogen) atoms. The van der Waals surface area contributed by atoms with Crippen molar-refractivity contribution in [3.8, 4) is 0 Å². The molecule has 0 fully saturated rings. The summed E-state index contributed by atoms with van der Waals surface area (Å²) in [5.74, 6) is 5.45. The van der Waals surface area contributed by atoms with E-state index in [1.165, 1.54) is 18.3 Å². The lowest BCUT2D eigenvalue weighted by atomic mass is 10.3. The normalized spacial score (nSPS) is 10.2. The first kappa shape index (κ1) is 13.0. The standard InChI is InChI=1S/C10H8BrClFN5/c11-6-3-5(13)1-2-8(6)16-9-7(12)4-15-10(17-9)18-14/h1-4H,14H2,(H2,15,16,17,18). The van der Waals surface area contributed by atoms with Crippen LogP contribution in [0.4, 0.5) is 21.8 Å². The Labute approximate surface area is 116 Å². The monoisotopic (exact) mass is 331 g/mol. The van der Waals surface area contributed by atoms with E-state index in [1.54, 1.807) is 6.07 Å². The van der Waals surface area contributed by atoms with Crippen LogP contribution in [0.5, 0.6) is 0 Å². The van der Waals surface area contributed by atoms with Gasteiger partial charge in [0.05, 0.1) is 11.9 Å². The fourth-order valence-electron chi connectivity index (χ4n) is 1.24. The largest absolute Gasteiger partial charge is 0.338 e.